The van der Waals surface area contributed by atoms with E-state index in [4.69, 9.17) is 4.74 Å². The maximum Gasteiger partial charge on any atom is 0.329 e. The average molecular weight is 384 g/mol. The molecular formula is C21H24N2O5. The highest BCUT2D eigenvalue weighted by Crippen LogP contribution is 2.36. The molecule has 148 valence electrons. The molecule has 0 radical (unpaired) electrons. The van der Waals surface area contributed by atoms with Crippen molar-refractivity contribution in [3.05, 3.63) is 41.5 Å². The highest BCUT2D eigenvalue weighted by atomic mass is 16.5. The third-order valence-corrected chi connectivity index (χ3v) is 5.27. The van der Waals surface area contributed by atoms with E-state index in [1.807, 2.05) is 38.1 Å². The number of amides is 3. The summed E-state index contributed by atoms with van der Waals surface area (Å²) in [7, 11) is 0. The molecule has 1 aromatic carbocycles. The first-order valence-electron chi connectivity index (χ1n) is 9.35. The Morgan fingerprint density at radius 3 is 2.32 bits per heavy atom. The molecule has 3 rings (SSSR count). The molecule has 1 aliphatic heterocycles. The van der Waals surface area contributed by atoms with E-state index in [-0.39, 0.29) is 11.8 Å². The number of imide groups is 1. The zero-order chi connectivity index (χ0) is 20.4. The smallest absolute Gasteiger partial charge is 0.329 e. The van der Waals surface area contributed by atoms with Crippen LogP contribution >= 0.6 is 0 Å². The van der Waals surface area contributed by atoms with Crippen LogP contribution in [0.5, 0.6) is 0 Å². The van der Waals surface area contributed by atoms with Crippen LogP contribution in [0.3, 0.4) is 0 Å². The Morgan fingerprint density at radius 1 is 1.14 bits per heavy atom. The van der Waals surface area contributed by atoms with Gasteiger partial charge >= 0.3 is 5.97 Å². The first-order chi connectivity index (χ1) is 13.3. The van der Waals surface area contributed by atoms with Gasteiger partial charge in [0.2, 0.25) is 11.8 Å². The van der Waals surface area contributed by atoms with Crippen LogP contribution in [0.4, 0.5) is 5.69 Å². The Kier molecular flexibility index (Phi) is 5.63. The van der Waals surface area contributed by atoms with E-state index < -0.39 is 36.4 Å². The number of esters is 1. The number of benzene rings is 1. The standard InChI is InChI=1S/C21H24N2O5/c1-12-8-9-17(13(2)10-12)22-18(24)11-28-21(27)14(3)23-19(25)15-6-4-5-7-16(15)20(23)26/h4-5,8-10,14-16H,6-7,11H2,1-3H3,(H,22,24)/t14-,15-,16+/m0/s1. The van der Waals surface area contributed by atoms with Crippen LogP contribution in [-0.2, 0) is 23.9 Å². The lowest BCUT2D eigenvalue weighted by molar-refractivity contribution is -0.159. The SMILES string of the molecule is Cc1ccc(NC(=O)COC(=O)[C@H](C)N2C(=O)[C@H]3CC=CC[C@H]3C2=O)c(C)c1. The van der Waals surface area contributed by atoms with Crippen LogP contribution in [0, 0.1) is 25.7 Å². The Hall–Kier alpha value is -2.96. The molecular weight excluding hydrogens is 360 g/mol. The second kappa shape index (κ2) is 7.96. The van der Waals surface area contributed by atoms with E-state index in [1.54, 1.807) is 6.07 Å². The summed E-state index contributed by atoms with van der Waals surface area (Å²) in [5, 5.41) is 2.69. The molecule has 7 heteroatoms. The normalized spacial score (nSPS) is 22.0. The van der Waals surface area contributed by atoms with Gasteiger partial charge in [0.05, 0.1) is 11.8 Å². The van der Waals surface area contributed by atoms with Crippen molar-refractivity contribution >= 4 is 29.4 Å². The summed E-state index contributed by atoms with van der Waals surface area (Å²) in [4.78, 5) is 50.5. The summed E-state index contributed by atoms with van der Waals surface area (Å²) in [6.07, 6.45) is 4.78. The Morgan fingerprint density at radius 2 is 1.75 bits per heavy atom. The molecule has 2 aliphatic rings. The van der Waals surface area contributed by atoms with Gasteiger partial charge in [-0.05, 0) is 45.2 Å². The van der Waals surface area contributed by atoms with Gasteiger partial charge in [0.1, 0.15) is 6.04 Å². The average Bonchev–Trinajstić information content (AvgIpc) is 2.92. The summed E-state index contributed by atoms with van der Waals surface area (Å²) >= 11 is 0. The summed E-state index contributed by atoms with van der Waals surface area (Å²) in [5.74, 6) is -2.75. The van der Waals surface area contributed by atoms with Gasteiger partial charge in [-0.15, -0.1) is 0 Å². The minimum atomic E-state index is -1.06. The van der Waals surface area contributed by atoms with Crippen molar-refractivity contribution in [1.82, 2.24) is 4.90 Å². The minimum absolute atomic E-state index is 0.344. The molecule has 1 saturated heterocycles. The zero-order valence-electron chi connectivity index (χ0n) is 16.2. The molecule has 1 N–H and O–H groups in total. The number of nitrogens with zero attached hydrogens (tertiary/aromatic N) is 1. The first kappa shape index (κ1) is 19.8. The summed E-state index contributed by atoms with van der Waals surface area (Å²) in [6, 6.07) is 4.53. The van der Waals surface area contributed by atoms with E-state index in [9.17, 15) is 19.2 Å². The van der Waals surface area contributed by atoms with Crippen molar-refractivity contribution in [2.24, 2.45) is 11.8 Å². The van der Waals surface area contributed by atoms with Crippen LogP contribution in [0.15, 0.2) is 30.4 Å². The maximum atomic E-state index is 12.5. The second-order valence-electron chi connectivity index (χ2n) is 7.35. The second-order valence-corrected chi connectivity index (χ2v) is 7.35. The summed E-state index contributed by atoms with van der Waals surface area (Å²) < 4.78 is 5.05. The third kappa shape index (κ3) is 3.83. The number of aryl methyl sites for hydroxylation is 2. The predicted octanol–water partition coefficient (Wildman–Crippen LogP) is 2.12. The number of hydrogen-bond donors (Lipinski definition) is 1. The molecule has 3 atom stereocenters. The van der Waals surface area contributed by atoms with Crippen molar-refractivity contribution in [1.29, 1.82) is 0 Å². The third-order valence-electron chi connectivity index (χ3n) is 5.27. The van der Waals surface area contributed by atoms with Gasteiger partial charge in [0, 0.05) is 5.69 Å². The predicted molar refractivity (Wildman–Crippen MR) is 102 cm³/mol. The Bertz CT molecular complexity index is 834. The molecule has 0 aromatic heterocycles. The van der Waals surface area contributed by atoms with Crippen LogP contribution < -0.4 is 5.32 Å². The molecule has 7 nitrogen and oxygen atoms in total. The highest BCUT2D eigenvalue weighted by molar-refractivity contribution is 6.08. The summed E-state index contributed by atoms with van der Waals surface area (Å²) in [6.45, 7) is 4.79. The fourth-order valence-electron chi connectivity index (χ4n) is 3.71. The van der Waals surface area contributed by atoms with Crippen LogP contribution in [0.2, 0.25) is 0 Å². The van der Waals surface area contributed by atoms with Gasteiger partial charge in [0.25, 0.3) is 5.91 Å². The number of nitrogens with one attached hydrogen (secondary N) is 1. The van der Waals surface area contributed by atoms with Crippen molar-refractivity contribution in [3.63, 3.8) is 0 Å². The Labute approximate surface area is 163 Å². The van der Waals surface area contributed by atoms with Gasteiger partial charge in [0.15, 0.2) is 6.61 Å². The number of likely N-dealkylation sites (tertiary alicyclic amines) is 1. The Balaban J connectivity index is 1.56. The molecule has 3 amide bonds. The van der Waals surface area contributed by atoms with Gasteiger partial charge in [-0.2, -0.15) is 0 Å². The number of anilines is 1. The van der Waals surface area contributed by atoms with E-state index in [2.05, 4.69) is 5.32 Å². The number of hydrogen-bond acceptors (Lipinski definition) is 5. The van der Waals surface area contributed by atoms with Gasteiger partial charge in [-0.3, -0.25) is 19.3 Å². The largest absolute Gasteiger partial charge is 0.454 e. The minimum Gasteiger partial charge on any atom is -0.454 e. The fourth-order valence-corrected chi connectivity index (χ4v) is 3.71. The van der Waals surface area contributed by atoms with Gasteiger partial charge < -0.3 is 10.1 Å². The zero-order valence-corrected chi connectivity index (χ0v) is 16.2. The van der Waals surface area contributed by atoms with Gasteiger partial charge in [-0.25, -0.2) is 4.79 Å². The van der Waals surface area contributed by atoms with E-state index in [0.29, 0.717) is 18.5 Å². The first-order valence-corrected chi connectivity index (χ1v) is 9.35. The van der Waals surface area contributed by atoms with Crippen LogP contribution in [0.25, 0.3) is 0 Å². The molecule has 0 spiro atoms. The van der Waals surface area contributed by atoms with Crippen molar-refractivity contribution in [2.75, 3.05) is 11.9 Å². The number of carbonyl (C=O) groups is 4. The molecule has 0 bridgehead atoms. The molecule has 1 aliphatic carbocycles. The number of ether oxygens (including phenoxy) is 1. The molecule has 0 unspecified atom stereocenters. The number of carbonyl (C=O) groups excluding carboxylic acids is 4. The van der Waals surface area contributed by atoms with Crippen LogP contribution in [-0.4, -0.2) is 41.2 Å². The number of allylic oxidation sites excluding steroid dienone is 2. The quantitative estimate of drug-likeness (QED) is 0.477. The molecule has 1 aromatic rings. The van der Waals surface area contributed by atoms with Crippen LogP contribution in [0.1, 0.15) is 30.9 Å². The fraction of sp³-hybridized carbons (Fsp3) is 0.429. The molecule has 0 saturated carbocycles. The number of fused-ring (bicyclic) bond motifs is 1. The lowest BCUT2D eigenvalue weighted by atomic mass is 9.85. The lowest BCUT2D eigenvalue weighted by Crippen LogP contribution is -2.45. The molecule has 1 heterocycles. The van der Waals surface area contributed by atoms with Crippen molar-refractivity contribution in [2.45, 2.75) is 39.7 Å². The summed E-state index contributed by atoms with van der Waals surface area (Å²) in [5.41, 5.74) is 2.62. The van der Waals surface area contributed by atoms with Gasteiger partial charge in [-0.1, -0.05) is 29.8 Å². The van der Waals surface area contributed by atoms with Crippen molar-refractivity contribution < 1.29 is 23.9 Å². The van der Waals surface area contributed by atoms with E-state index in [1.165, 1.54) is 6.92 Å². The topological polar surface area (TPSA) is 92.8 Å². The highest BCUT2D eigenvalue weighted by Gasteiger charge is 2.50. The van der Waals surface area contributed by atoms with Crippen molar-refractivity contribution in [3.8, 4) is 0 Å². The lowest BCUT2D eigenvalue weighted by Gasteiger charge is -2.21. The van der Waals surface area contributed by atoms with E-state index >= 15 is 0 Å². The monoisotopic (exact) mass is 384 g/mol. The number of rotatable bonds is 5. The van der Waals surface area contributed by atoms with E-state index in [0.717, 1.165) is 16.0 Å². The molecule has 1 fully saturated rings. The molecule has 28 heavy (non-hydrogen) atoms. The maximum absolute atomic E-state index is 12.5.